The number of thioether (sulfide) groups is 1. The van der Waals surface area contributed by atoms with E-state index in [0.717, 1.165) is 5.69 Å². The minimum Gasteiger partial charge on any atom is -0.480 e. The zero-order valence-electron chi connectivity index (χ0n) is 18.5. The Hall–Kier alpha value is -3.39. The van der Waals surface area contributed by atoms with Crippen molar-refractivity contribution in [1.29, 1.82) is 5.26 Å². The highest BCUT2D eigenvalue weighted by Gasteiger charge is 2.39. The van der Waals surface area contributed by atoms with Crippen LogP contribution in [0.3, 0.4) is 0 Å². The fraction of sp³-hybridized carbons (Fsp3) is 0.208. The zero-order chi connectivity index (χ0) is 24.8. The predicted molar refractivity (Wildman–Crippen MR) is 129 cm³/mol. The molecule has 0 bridgehead atoms. The van der Waals surface area contributed by atoms with Crippen molar-refractivity contribution in [1.82, 2.24) is 9.71 Å². The molecular weight excluding hydrogens is 474 g/mol. The van der Waals surface area contributed by atoms with E-state index in [9.17, 15) is 18.3 Å². The zero-order valence-corrected chi connectivity index (χ0v) is 20.1. The van der Waals surface area contributed by atoms with E-state index in [4.69, 9.17) is 10.00 Å². The molecule has 2 N–H and O–H groups in total. The Balaban J connectivity index is 1.71. The first-order chi connectivity index (χ1) is 16.1. The number of nitrogens with one attached hydrogen (secondary N) is 1. The Kier molecular flexibility index (Phi) is 7.94. The van der Waals surface area contributed by atoms with Crippen molar-refractivity contribution in [3.8, 4) is 17.6 Å². The summed E-state index contributed by atoms with van der Waals surface area (Å²) < 4.78 is 32.9. The monoisotopic (exact) mass is 497 g/mol. The standard InChI is InChI=1S/C24H23N3O5S2/c1-24(2,33-16-18-5-3-4-14-26-18)22(23(28)29)27-34(30,31)21-12-10-20(11-13-21)32-19-8-6-17(15-25)7-9-19/h3-14,22,27H,16H2,1-2H3,(H,28,29)/t22-/m0/s1. The van der Waals surface area contributed by atoms with Gasteiger partial charge in [0.25, 0.3) is 0 Å². The molecule has 0 fully saturated rings. The third kappa shape index (κ3) is 6.57. The van der Waals surface area contributed by atoms with Gasteiger partial charge >= 0.3 is 5.97 Å². The van der Waals surface area contributed by atoms with Gasteiger partial charge in [-0.3, -0.25) is 9.78 Å². The first-order valence-corrected chi connectivity index (χ1v) is 12.6. The summed E-state index contributed by atoms with van der Waals surface area (Å²) in [6.45, 7) is 3.35. The molecule has 0 aliphatic carbocycles. The van der Waals surface area contributed by atoms with Crippen LogP contribution in [-0.4, -0.2) is 35.3 Å². The Morgan fingerprint density at radius 1 is 1.12 bits per heavy atom. The van der Waals surface area contributed by atoms with Gasteiger partial charge in [-0.05, 0) is 74.5 Å². The van der Waals surface area contributed by atoms with Crippen LogP contribution in [0.15, 0.2) is 77.8 Å². The van der Waals surface area contributed by atoms with Crippen LogP contribution in [0.1, 0.15) is 25.1 Å². The maximum atomic E-state index is 12.9. The van der Waals surface area contributed by atoms with Crippen molar-refractivity contribution in [2.75, 3.05) is 0 Å². The van der Waals surface area contributed by atoms with Gasteiger partial charge in [0, 0.05) is 16.7 Å². The van der Waals surface area contributed by atoms with Crippen LogP contribution in [-0.2, 0) is 20.6 Å². The van der Waals surface area contributed by atoms with Crippen molar-refractivity contribution < 1.29 is 23.1 Å². The lowest BCUT2D eigenvalue weighted by molar-refractivity contribution is -0.139. The number of aromatic nitrogens is 1. The lowest BCUT2D eigenvalue weighted by Gasteiger charge is -2.31. The number of nitrogens with zero attached hydrogens (tertiary/aromatic N) is 2. The molecule has 10 heteroatoms. The molecule has 0 radical (unpaired) electrons. The molecule has 3 aromatic rings. The molecule has 1 atom stereocenters. The maximum Gasteiger partial charge on any atom is 0.323 e. The smallest absolute Gasteiger partial charge is 0.323 e. The Morgan fingerprint density at radius 3 is 2.26 bits per heavy atom. The summed E-state index contributed by atoms with van der Waals surface area (Å²) in [7, 11) is -4.12. The van der Waals surface area contributed by atoms with Crippen LogP contribution in [0, 0.1) is 11.3 Å². The van der Waals surface area contributed by atoms with Gasteiger partial charge in [-0.25, -0.2) is 8.42 Å². The third-order valence-corrected chi connectivity index (χ3v) is 7.75. The number of rotatable bonds is 10. The molecule has 8 nitrogen and oxygen atoms in total. The number of carbonyl (C=O) groups is 1. The largest absolute Gasteiger partial charge is 0.480 e. The Morgan fingerprint density at radius 2 is 1.74 bits per heavy atom. The summed E-state index contributed by atoms with van der Waals surface area (Å²) in [6.07, 6.45) is 1.65. The number of hydrogen-bond acceptors (Lipinski definition) is 7. The van der Waals surface area contributed by atoms with E-state index >= 15 is 0 Å². The summed E-state index contributed by atoms with van der Waals surface area (Å²) >= 11 is 1.30. The fourth-order valence-corrected chi connectivity index (χ4v) is 5.39. The quantitative estimate of drug-likeness (QED) is 0.427. The highest BCUT2D eigenvalue weighted by molar-refractivity contribution is 8.00. The van der Waals surface area contributed by atoms with Gasteiger partial charge in [0.05, 0.1) is 22.2 Å². The van der Waals surface area contributed by atoms with E-state index in [2.05, 4.69) is 9.71 Å². The number of aliphatic carboxylic acids is 1. The van der Waals surface area contributed by atoms with Gasteiger partial charge in [0.1, 0.15) is 17.5 Å². The van der Waals surface area contributed by atoms with E-state index in [1.54, 1.807) is 50.4 Å². The van der Waals surface area contributed by atoms with Gasteiger partial charge in [0.15, 0.2) is 0 Å². The van der Waals surface area contributed by atoms with Crippen molar-refractivity contribution in [2.24, 2.45) is 0 Å². The molecule has 176 valence electrons. The molecule has 0 aliphatic heterocycles. The summed E-state index contributed by atoms with van der Waals surface area (Å²) in [4.78, 5) is 16.1. The summed E-state index contributed by atoms with van der Waals surface area (Å²) in [5, 5.41) is 18.6. The van der Waals surface area contributed by atoms with Gasteiger partial charge in [-0.2, -0.15) is 9.98 Å². The second-order valence-electron chi connectivity index (χ2n) is 7.82. The summed E-state index contributed by atoms with van der Waals surface area (Å²) in [5.74, 6) is 0.0405. The van der Waals surface area contributed by atoms with Gasteiger partial charge in [-0.15, -0.1) is 11.8 Å². The average molecular weight is 498 g/mol. The minimum absolute atomic E-state index is 0.0866. The van der Waals surface area contributed by atoms with Crippen LogP contribution in [0.5, 0.6) is 11.5 Å². The highest BCUT2D eigenvalue weighted by atomic mass is 32.2. The predicted octanol–water partition coefficient (Wildman–Crippen LogP) is 4.19. The Labute approximate surface area is 202 Å². The van der Waals surface area contributed by atoms with Crippen molar-refractivity contribution in [3.05, 3.63) is 84.2 Å². The normalized spacial score (nSPS) is 12.5. The van der Waals surface area contributed by atoms with E-state index in [1.165, 1.54) is 36.0 Å². The maximum absolute atomic E-state index is 12.9. The SMILES string of the molecule is CC(C)(SCc1ccccn1)[C@@H](NS(=O)(=O)c1ccc(Oc2ccc(C#N)cc2)cc1)C(=O)O. The van der Waals surface area contributed by atoms with Crippen LogP contribution in [0.4, 0.5) is 0 Å². The molecule has 0 unspecified atom stereocenters. The molecule has 1 heterocycles. The van der Waals surface area contributed by atoms with Crippen molar-refractivity contribution >= 4 is 27.8 Å². The fourth-order valence-electron chi connectivity index (χ4n) is 2.96. The molecule has 0 saturated carbocycles. The molecule has 0 saturated heterocycles. The number of sulfonamides is 1. The number of hydrogen-bond donors (Lipinski definition) is 2. The second-order valence-corrected chi connectivity index (χ2v) is 11.2. The summed E-state index contributed by atoms with van der Waals surface area (Å²) in [6, 6.07) is 18.2. The van der Waals surface area contributed by atoms with Gasteiger partial charge < -0.3 is 9.84 Å². The van der Waals surface area contributed by atoms with Gasteiger partial charge in [-0.1, -0.05) is 6.07 Å². The number of benzene rings is 2. The number of ether oxygens (including phenoxy) is 1. The first kappa shape index (κ1) is 25.2. The lowest BCUT2D eigenvalue weighted by atomic mass is 10.1. The molecule has 0 aliphatic rings. The summed E-state index contributed by atoms with van der Waals surface area (Å²) in [5.41, 5.74) is 1.26. The average Bonchev–Trinajstić information content (AvgIpc) is 2.83. The van der Waals surface area contributed by atoms with Crippen molar-refractivity contribution in [3.63, 3.8) is 0 Å². The van der Waals surface area contributed by atoms with Crippen LogP contribution in [0.2, 0.25) is 0 Å². The van der Waals surface area contributed by atoms with Gasteiger partial charge in [0.2, 0.25) is 10.0 Å². The van der Waals surface area contributed by atoms with Crippen LogP contribution >= 0.6 is 11.8 Å². The van der Waals surface area contributed by atoms with Crippen molar-refractivity contribution in [2.45, 2.75) is 35.3 Å². The van der Waals surface area contributed by atoms with E-state index in [1.807, 2.05) is 18.2 Å². The molecule has 0 amide bonds. The Bertz CT molecular complexity index is 1270. The molecule has 3 rings (SSSR count). The number of nitriles is 1. The minimum atomic E-state index is -4.12. The van der Waals surface area contributed by atoms with E-state index in [-0.39, 0.29) is 4.90 Å². The highest BCUT2D eigenvalue weighted by Crippen LogP contribution is 2.32. The third-order valence-electron chi connectivity index (χ3n) is 4.89. The number of carboxylic acids is 1. The molecule has 1 aromatic heterocycles. The molecular formula is C24H23N3O5S2. The topological polar surface area (TPSA) is 129 Å². The molecule has 2 aromatic carbocycles. The molecule has 34 heavy (non-hydrogen) atoms. The first-order valence-electron chi connectivity index (χ1n) is 10.2. The number of carboxylic acid groups (broad SMARTS) is 1. The van der Waals surface area contributed by atoms with E-state index < -0.39 is 26.8 Å². The van der Waals surface area contributed by atoms with Crippen LogP contribution < -0.4 is 9.46 Å². The second kappa shape index (κ2) is 10.7. The van der Waals surface area contributed by atoms with E-state index in [0.29, 0.717) is 22.8 Å². The number of pyridine rings is 1. The molecule has 0 spiro atoms. The lowest BCUT2D eigenvalue weighted by Crippen LogP contribution is -2.52. The van der Waals surface area contributed by atoms with Crippen LogP contribution in [0.25, 0.3) is 0 Å².